The lowest BCUT2D eigenvalue weighted by Crippen LogP contribution is -2.42. The molecular weight excluding hydrogens is 453 g/mol. The predicted octanol–water partition coefficient (Wildman–Crippen LogP) is 2.64. The van der Waals surface area contributed by atoms with E-state index in [0.29, 0.717) is 18.4 Å². The predicted molar refractivity (Wildman–Crippen MR) is 120 cm³/mol. The van der Waals surface area contributed by atoms with Crippen LogP contribution in [0.3, 0.4) is 0 Å². The van der Waals surface area contributed by atoms with E-state index in [9.17, 15) is 33.0 Å². The number of alkyl halides is 2. The van der Waals surface area contributed by atoms with Crippen molar-refractivity contribution in [2.24, 2.45) is 5.92 Å². The highest BCUT2D eigenvalue weighted by Gasteiger charge is 2.37. The third-order valence-electron chi connectivity index (χ3n) is 5.77. The Labute approximate surface area is 192 Å². The van der Waals surface area contributed by atoms with Gasteiger partial charge in [-0.05, 0) is 50.3 Å². The summed E-state index contributed by atoms with van der Waals surface area (Å²) in [4.78, 5) is 30.1. The second kappa shape index (κ2) is 8.46. The maximum Gasteiger partial charge on any atom is 0.282 e. The maximum absolute atomic E-state index is 14.6. The van der Waals surface area contributed by atoms with Gasteiger partial charge in [-0.15, -0.1) is 0 Å². The van der Waals surface area contributed by atoms with Crippen molar-refractivity contribution in [3.05, 3.63) is 51.7 Å². The van der Waals surface area contributed by atoms with Gasteiger partial charge in [0.15, 0.2) is 5.75 Å². The lowest BCUT2D eigenvalue weighted by atomic mass is 9.92. The van der Waals surface area contributed by atoms with Crippen LogP contribution in [0.25, 0.3) is 11.0 Å². The highest BCUT2D eigenvalue weighted by Crippen LogP contribution is 2.37. The molecule has 0 saturated heterocycles. The minimum atomic E-state index is -3.33. The zero-order valence-electron chi connectivity index (χ0n) is 18.7. The first-order valence-electron chi connectivity index (χ1n) is 10.8. The number of pyridine rings is 2. The SMILES string of the molecule is CC(C)(O)CNC(=O)c1c(O)c2ncc(CC3C=CC(F)=CC3)c3c2n(c1=O)CC(F)(F)CN3. The highest BCUT2D eigenvalue weighted by molar-refractivity contribution is 6.04. The second-order valence-electron chi connectivity index (χ2n) is 9.32. The van der Waals surface area contributed by atoms with E-state index in [2.05, 4.69) is 15.6 Å². The van der Waals surface area contributed by atoms with Crippen LogP contribution in [-0.4, -0.2) is 50.3 Å². The van der Waals surface area contributed by atoms with Crippen LogP contribution >= 0.6 is 0 Å². The lowest BCUT2D eigenvalue weighted by molar-refractivity contribution is -0.000937. The van der Waals surface area contributed by atoms with Crippen molar-refractivity contribution in [3.63, 3.8) is 0 Å². The fourth-order valence-electron chi connectivity index (χ4n) is 4.10. The smallest absolute Gasteiger partial charge is 0.282 e. The Kier molecular flexibility index (Phi) is 5.92. The van der Waals surface area contributed by atoms with Gasteiger partial charge in [0.05, 0.1) is 29.9 Å². The quantitative estimate of drug-likeness (QED) is 0.525. The first-order valence-corrected chi connectivity index (χ1v) is 10.8. The Morgan fingerprint density at radius 1 is 1.41 bits per heavy atom. The Morgan fingerprint density at radius 3 is 2.79 bits per heavy atom. The number of halogens is 3. The molecule has 1 amide bonds. The van der Waals surface area contributed by atoms with Crippen molar-refractivity contribution >= 4 is 22.6 Å². The van der Waals surface area contributed by atoms with Gasteiger partial charge in [0.1, 0.15) is 16.9 Å². The number of aromatic hydroxyl groups is 1. The fourth-order valence-corrected chi connectivity index (χ4v) is 4.10. The topological polar surface area (TPSA) is 116 Å². The van der Waals surface area contributed by atoms with Crippen LogP contribution in [0.15, 0.2) is 35.0 Å². The number of nitrogens with zero attached hydrogens (tertiary/aromatic N) is 2. The summed E-state index contributed by atoms with van der Waals surface area (Å²) < 4.78 is 43.3. The summed E-state index contributed by atoms with van der Waals surface area (Å²) in [5.41, 5.74) is -2.60. The Morgan fingerprint density at radius 2 is 2.15 bits per heavy atom. The summed E-state index contributed by atoms with van der Waals surface area (Å²) in [5, 5.41) is 25.7. The molecule has 2 aliphatic rings. The number of aliphatic hydroxyl groups is 1. The minimum Gasteiger partial charge on any atom is -0.505 e. The molecule has 2 aromatic heterocycles. The Bertz CT molecular complexity index is 1280. The molecule has 8 nitrogen and oxygen atoms in total. The van der Waals surface area contributed by atoms with Crippen molar-refractivity contribution in [2.75, 3.05) is 18.4 Å². The number of hydrogen-bond donors (Lipinski definition) is 4. The average molecular weight is 478 g/mol. The number of rotatable bonds is 5. The Hall–Kier alpha value is -3.34. The molecule has 4 N–H and O–H groups in total. The molecule has 3 heterocycles. The van der Waals surface area contributed by atoms with Crippen LogP contribution in [0.5, 0.6) is 5.75 Å². The van der Waals surface area contributed by atoms with Crippen LogP contribution in [0.1, 0.15) is 36.2 Å². The molecule has 0 spiro atoms. The van der Waals surface area contributed by atoms with Gasteiger partial charge in [-0.25, -0.2) is 13.2 Å². The molecule has 0 aromatic carbocycles. The standard InChI is InChI=1S/C23H25F3N4O4/c1-22(2,34)9-29-20(32)15-19(31)17-18-16(28-10-23(25,26)11-30(18)21(15)33)13(8-27-17)7-12-3-5-14(24)6-4-12/h3,5-6,8,12,28,31,34H,4,7,9-11H2,1-2H3,(H,29,32). The summed E-state index contributed by atoms with van der Waals surface area (Å²) >= 11 is 0. The molecule has 0 fully saturated rings. The summed E-state index contributed by atoms with van der Waals surface area (Å²) in [6.45, 7) is 0.845. The zero-order chi connectivity index (χ0) is 24.8. The molecule has 0 bridgehead atoms. The largest absolute Gasteiger partial charge is 0.505 e. The van der Waals surface area contributed by atoms with E-state index in [1.165, 1.54) is 32.2 Å². The number of carbonyl (C=O) groups is 1. The summed E-state index contributed by atoms with van der Waals surface area (Å²) in [7, 11) is 0. The molecule has 11 heteroatoms. The molecule has 34 heavy (non-hydrogen) atoms. The van der Waals surface area contributed by atoms with E-state index in [1.54, 1.807) is 6.08 Å². The number of aromatic nitrogens is 2. The maximum atomic E-state index is 14.6. The first kappa shape index (κ1) is 23.8. The van der Waals surface area contributed by atoms with E-state index in [-0.39, 0.29) is 35.0 Å². The van der Waals surface area contributed by atoms with E-state index >= 15 is 0 Å². The number of amides is 1. The molecule has 0 saturated carbocycles. The van der Waals surface area contributed by atoms with Crippen LogP contribution in [0.4, 0.5) is 18.9 Å². The molecule has 1 unspecified atom stereocenters. The van der Waals surface area contributed by atoms with E-state index in [1.807, 2.05) is 0 Å². The van der Waals surface area contributed by atoms with Crippen LogP contribution in [-0.2, 0) is 13.0 Å². The van der Waals surface area contributed by atoms with Gasteiger partial charge in [0.2, 0.25) is 0 Å². The third-order valence-corrected chi connectivity index (χ3v) is 5.77. The molecule has 182 valence electrons. The first-order chi connectivity index (χ1) is 15.9. The molecule has 1 aliphatic heterocycles. The van der Waals surface area contributed by atoms with Gasteiger partial charge >= 0.3 is 0 Å². The van der Waals surface area contributed by atoms with Gasteiger partial charge < -0.3 is 20.8 Å². The average Bonchev–Trinajstić information content (AvgIpc) is 2.89. The number of nitrogens with one attached hydrogen (secondary N) is 2. The molecule has 1 aliphatic carbocycles. The normalized spacial score (nSPS) is 19.4. The summed E-state index contributed by atoms with van der Waals surface area (Å²) in [6, 6.07) is 0. The summed E-state index contributed by atoms with van der Waals surface area (Å²) in [6.07, 6.45) is 6.58. The van der Waals surface area contributed by atoms with Crippen LogP contribution in [0, 0.1) is 5.92 Å². The number of allylic oxidation sites excluding steroid dienone is 4. The van der Waals surface area contributed by atoms with E-state index in [4.69, 9.17) is 0 Å². The van der Waals surface area contributed by atoms with Gasteiger partial charge in [-0.2, -0.15) is 0 Å². The number of anilines is 1. The van der Waals surface area contributed by atoms with E-state index in [0.717, 1.165) is 4.57 Å². The zero-order valence-corrected chi connectivity index (χ0v) is 18.7. The number of carbonyl (C=O) groups excluding carboxylic acids is 1. The molecule has 4 rings (SSSR count). The lowest BCUT2D eigenvalue weighted by Gasteiger charge is -2.20. The second-order valence-corrected chi connectivity index (χ2v) is 9.32. The molecule has 1 atom stereocenters. The van der Waals surface area contributed by atoms with Gasteiger partial charge in [0.25, 0.3) is 17.4 Å². The monoisotopic (exact) mass is 478 g/mol. The third kappa shape index (κ3) is 4.65. The fraction of sp³-hybridized carbons (Fsp3) is 0.435. The molecule has 0 radical (unpaired) electrons. The summed E-state index contributed by atoms with van der Waals surface area (Å²) in [5.74, 6) is -5.53. The van der Waals surface area contributed by atoms with Crippen molar-refractivity contribution in [3.8, 4) is 5.75 Å². The van der Waals surface area contributed by atoms with Gasteiger partial charge in [-0.1, -0.05) is 6.08 Å². The molecular formula is C23H25F3N4O4. The highest BCUT2D eigenvalue weighted by atomic mass is 19.3. The minimum absolute atomic E-state index is 0.0299. The van der Waals surface area contributed by atoms with Crippen molar-refractivity contribution < 1.29 is 28.2 Å². The van der Waals surface area contributed by atoms with Crippen molar-refractivity contribution in [1.82, 2.24) is 14.9 Å². The van der Waals surface area contributed by atoms with Crippen LogP contribution < -0.4 is 16.2 Å². The van der Waals surface area contributed by atoms with Gasteiger partial charge in [-0.3, -0.25) is 19.1 Å². The van der Waals surface area contributed by atoms with Gasteiger partial charge in [0, 0.05) is 12.7 Å². The van der Waals surface area contributed by atoms with Crippen molar-refractivity contribution in [1.29, 1.82) is 0 Å². The van der Waals surface area contributed by atoms with Crippen molar-refractivity contribution in [2.45, 2.75) is 44.8 Å². The van der Waals surface area contributed by atoms with E-state index < -0.39 is 47.4 Å². The Balaban J connectivity index is 1.85. The molecule has 2 aromatic rings. The number of hydrogen-bond acceptors (Lipinski definition) is 6. The van der Waals surface area contributed by atoms with Crippen LogP contribution in [0.2, 0.25) is 0 Å².